The summed E-state index contributed by atoms with van der Waals surface area (Å²) in [6, 6.07) is 23.3. The zero-order valence-electron chi connectivity index (χ0n) is 34.4. The maximum absolute atomic E-state index is 15.4. The van der Waals surface area contributed by atoms with Crippen LogP contribution < -0.4 is 14.7 Å². The van der Waals surface area contributed by atoms with Crippen LogP contribution >= 0.6 is 0 Å². The number of aliphatic hydroxyl groups is 1. The summed E-state index contributed by atoms with van der Waals surface area (Å²) >= 11 is 0. The van der Waals surface area contributed by atoms with Crippen LogP contribution in [0.5, 0.6) is 0 Å². The first-order valence-corrected chi connectivity index (χ1v) is 24.4. The number of benzene rings is 3. The van der Waals surface area contributed by atoms with Gasteiger partial charge in [0.1, 0.15) is 0 Å². The Hall–Kier alpha value is -4.36. The highest BCUT2D eigenvalue weighted by atomic mass is 28.4. The van der Waals surface area contributed by atoms with Crippen LogP contribution in [0.2, 0.25) is 18.6 Å². The maximum atomic E-state index is 15.4. The third kappa shape index (κ3) is 8.52. The summed E-state index contributed by atoms with van der Waals surface area (Å²) in [4.78, 5) is 75.4. The van der Waals surface area contributed by atoms with Gasteiger partial charge in [0.05, 0.1) is 31.4 Å². The normalized spacial score (nSPS) is 24.4. The number of rotatable bonds is 11. The molecule has 3 saturated heterocycles. The minimum atomic E-state index is -3.11. The van der Waals surface area contributed by atoms with Crippen LogP contribution in [0, 0.1) is 5.92 Å². The van der Waals surface area contributed by atoms with E-state index in [1.165, 1.54) is 0 Å². The van der Waals surface area contributed by atoms with Crippen LogP contribution in [-0.2, 0) is 42.6 Å². The van der Waals surface area contributed by atoms with Gasteiger partial charge in [0.15, 0.2) is 13.9 Å². The van der Waals surface area contributed by atoms with Crippen molar-refractivity contribution in [2.24, 2.45) is 5.92 Å². The second-order valence-electron chi connectivity index (χ2n) is 17.3. The number of aliphatic hydroxyl groups excluding tert-OH is 1. The van der Waals surface area contributed by atoms with Crippen molar-refractivity contribution in [3.63, 3.8) is 0 Å². The molecule has 7 rings (SSSR count). The molecule has 3 aromatic rings. The molecule has 4 atom stereocenters. The molecule has 1 spiro atoms. The minimum Gasteiger partial charge on any atom is -0.432 e. The van der Waals surface area contributed by atoms with Crippen molar-refractivity contribution in [2.75, 3.05) is 40.9 Å². The number of ether oxygens (including phenoxy) is 1. The van der Waals surface area contributed by atoms with Crippen molar-refractivity contribution in [3.05, 3.63) is 89.5 Å². The van der Waals surface area contributed by atoms with E-state index >= 15 is 4.79 Å². The molecule has 4 aliphatic rings. The summed E-state index contributed by atoms with van der Waals surface area (Å²) in [5.41, 5.74) is 2.60. The average Bonchev–Trinajstić information content (AvgIpc) is 3.60. The Morgan fingerprint density at radius 2 is 1.43 bits per heavy atom. The van der Waals surface area contributed by atoms with Crippen LogP contribution in [0.1, 0.15) is 94.2 Å². The smallest absolute Gasteiger partial charge is 0.264 e. The Morgan fingerprint density at radius 1 is 0.810 bits per heavy atom. The van der Waals surface area contributed by atoms with Crippen molar-refractivity contribution in [1.82, 2.24) is 4.90 Å². The van der Waals surface area contributed by atoms with Gasteiger partial charge in [0, 0.05) is 67.4 Å². The van der Waals surface area contributed by atoms with Gasteiger partial charge < -0.3 is 34.2 Å². The molecular formula is C46H60N4O7Si. The fourth-order valence-corrected chi connectivity index (χ4v) is 12.5. The highest BCUT2D eigenvalue weighted by Crippen LogP contribution is 2.60. The maximum Gasteiger partial charge on any atom is 0.264 e. The lowest BCUT2D eigenvalue weighted by molar-refractivity contribution is -0.150. The van der Waals surface area contributed by atoms with Crippen molar-refractivity contribution in [1.29, 1.82) is 0 Å². The van der Waals surface area contributed by atoms with Crippen molar-refractivity contribution in [3.8, 4) is 0 Å². The van der Waals surface area contributed by atoms with Gasteiger partial charge in [-0.05, 0) is 80.2 Å². The van der Waals surface area contributed by atoms with Crippen molar-refractivity contribution >= 4 is 49.0 Å². The summed E-state index contributed by atoms with van der Waals surface area (Å²) < 4.78 is 7.11. The Bertz CT molecular complexity index is 1970. The number of hydrogen-bond acceptors (Lipinski definition) is 7. The van der Waals surface area contributed by atoms with Crippen LogP contribution in [0.3, 0.4) is 0 Å². The topological polar surface area (TPSA) is 131 Å². The number of carbonyl (C=O) groups excluding carboxylic acids is 4. The largest absolute Gasteiger partial charge is 0.432 e. The summed E-state index contributed by atoms with van der Waals surface area (Å²) in [6.07, 6.45) is 7.87. The lowest BCUT2D eigenvalue weighted by Gasteiger charge is -2.33. The van der Waals surface area contributed by atoms with Crippen LogP contribution in [0.4, 0.5) is 17.1 Å². The van der Waals surface area contributed by atoms with Gasteiger partial charge in [0.25, 0.3) is 5.91 Å². The van der Waals surface area contributed by atoms with E-state index in [0.717, 1.165) is 68.2 Å². The standard InChI is InChI=1S/C46H60N4O7Si/c1-33-44(58(2,3)56)40(30-43(54)47(26-27-51)31-34-16-9-8-10-17-34)57-46(33)38-29-37(49-25-14-7-5-12-21-42(49)53)22-23-39(38)50(45(46)55)32-35-18-15-19-36(28-35)48-24-13-6-4-11-20-41(48)52/h8-10,15-19,22-23,28-29,33,40,44,51,56H,4-7,11-14,20-21,24-27,30-32H2,1-3H3/t33-,40+,44-,46+/m1/s1. The number of carbonyl (C=O) groups is 4. The Balaban J connectivity index is 1.27. The predicted octanol–water partition coefficient (Wildman–Crippen LogP) is 7.04. The zero-order chi connectivity index (χ0) is 41.0. The minimum absolute atomic E-state index is 0.0542. The van der Waals surface area contributed by atoms with Crippen LogP contribution in [0.25, 0.3) is 0 Å². The molecule has 0 aromatic heterocycles. The Kier molecular flexibility index (Phi) is 12.9. The highest BCUT2D eigenvalue weighted by Gasteiger charge is 2.66. The van der Waals surface area contributed by atoms with Gasteiger partial charge in [-0.3, -0.25) is 19.2 Å². The van der Waals surface area contributed by atoms with Crippen LogP contribution in [-0.4, -0.2) is 79.1 Å². The van der Waals surface area contributed by atoms with E-state index in [1.54, 1.807) is 9.80 Å². The highest BCUT2D eigenvalue weighted by molar-refractivity contribution is 6.71. The van der Waals surface area contributed by atoms with Crippen molar-refractivity contribution in [2.45, 2.75) is 121 Å². The molecule has 0 saturated carbocycles. The number of amides is 4. The molecule has 0 radical (unpaired) electrons. The molecule has 4 aliphatic heterocycles. The van der Waals surface area contributed by atoms with Gasteiger partial charge in [-0.1, -0.05) is 75.1 Å². The van der Waals surface area contributed by atoms with Gasteiger partial charge >= 0.3 is 0 Å². The molecule has 4 heterocycles. The van der Waals surface area contributed by atoms with Gasteiger partial charge in [0.2, 0.25) is 17.7 Å². The molecule has 58 heavy (non-hydrogen) atoms. The molecule has 4 amide bonds. The van der Waals surface area contributed by atoms with E-state index in [-0.39, 0.29) is 49.7 Å². The molecule has 2 N–H and O–H groups in total. The second-order valence-corrected chi connectivity index (χ2v) is 21.2. The average molecular weight is 809 g/mol. The van der Waals surface area contributed by atoms with Gasteiger partial charge in [-0.15, -0.1) is 0 Å². The molecule has 310 valence electrons. The molecule has 12 heteroatoms. The molecule has 3 aromatic carbocycles. The number of anilines is 3. The van der Waals surface area contributed by atoms with Crippen molar-refractivity contribution < 1.29 is 33.8 Å². The molecular weight excluding hydrogens is 749 g/mol. The third-order valence-electron chi connectivity index (χ3n) is 12.8. The first kappa shape index (κ1) is 41.8. The fraction of sp³-hybridized carbons (Fsp3) is 0.522. The number of fused-ring (bicyclic) bond motifs is 2. The zero-order valence-corrected chi connectivity index (χ0v) is 35.4. The Labute approximate surface area is 344 Å². The Morgan fingerprint density at radius 3 is 2.07 bits per heavy atom. The third-order valence-corrected chi connectivity index (χ3v) is 15.3. The molecule has 11 nitrogen and oxygen atoms in total. The molecule has 0 aliphatic carbocycles. The summed E-state index contributed by atoms with van der Waals surface area (Å²) in [7, 11) is -3.11. The fourth-order valence-electron chi connectivity index (χ4n) is 9.98. The molecule has 0 bridgehead atoms. The van der Waals surface area contributed by atoms with Gasteiger partial charge in [-0.25, -0.2) is 0 Å². The van der Waals surface area contributed by atoms with Gasteiger partial charge in [-0.2, -0.15) is 0 Å². The lowest BCUT2D eigenvalue weighted by atomic mass is 9.82. The molecule has 0 unspecified atom stereocenters. The quantitative estimate of drug-likeness (QED) is 0.199. The van der Waals surface area contributed by atoms with E-state index < -0.39 is 31.5 Å². The van der Waals surface area contributed by atoms with E-state index in [4.69, 9.17) is 4.74 Å². The monoisotopic (exact) mass is 808 g/mol. The first-order chi connectivity index (χ1) is 27.9. The summed E-state index contributed by atoms with van der Waals surface area (Å²) in [5.74, 6) is -0.848. The van der Waals surface area contributed by atoms with E-state index in [2.05, 4.69) is 0 Å². The lowest BCUT2D eigenvalue weighted by Crippen LogP contribution is -2.46. The summed E-state index contributed by atoms with van der Waals surface area (Å²) in [5, 5.41) is 9.97. The predicted molar refractivity (Wildman–Crippen MR) is 228 cm³/mol. The molecule has 3 fully saturated rings. The van der Waals surface area contributed by atoms with E-state index in [9.17, 15) is 24.3 Å². The summed E-state index contributed by atoms with van der Waals surface area (Å²) in [6.45, 7) is 7.34. The SMILES string of the molecule is C[C@@H]1[C@@H]([Si](C)(C)O)[C@H](CC(=O)N(CCO)Cc2ccccc2)O[C@@]12C(=O)N(Cc1cccc(N3CCCCCCC3=O)c1)c1ccc(N3CCCCCCC3=O)cc12. The van der Waals surface area contributed by atoms with Crippen LogP contribution in [0.15, 0.2) is 72.8 Å². The number of hydrogen-bond donors (Lipinski definition) is 2. The van der Waals surface area contributed by atoms with E-state index in [1.807, 2.05) is 103 Å². The number of nitrogens with zero attached hydrogens (tertiary/aromatic N) is 4. The first-order valence-electron chi connectivity index (χ1n) is 21.4. The second kappa shape index (κ2) is 17.9. The van der Waals surface area contributed by atoms with E-state index in [0.29, 0.717) is 49.4 Å².